The van der Waals surface area contributed by atoms with Gasteiger partial charge < -0.3 is 5.73 Å². The summed E-state index contributed by atoms with van der Waals surface area (Å²) in [6.07, 6.45) is 3.11. The minimum Gasteiger partial charge on any atom is -0.329 e. The minimum absolute atomic E-state index is 0.00332. The molecular formula is C13H13ClN2O2S. The zero-order valence-electron chi connectivity index (χ0n) is 10.0. The molecule has 1 heterocycles. The average molecular weight is 297 g/mol. The minimum atomic E-state index is -3.54. The van der Waals surface area contributed by atoms with Crippen LogP contribution in [0.4, 0.5) is 0 Å². The molecule has 0 amide bonds. The third kappa shape index (κ3) is 2.94. The van der Waals surface area contributed by atoms with Crippen molar-refractivity contribution >= 4 is 21.4 Å². The van der Waals surface area contributed by atoms with E-state index in [1.807, 2.05) is 0 Å². The Hall–Kier alpha value is -1.43. The van der Waals surface area contributed by atoms with Gasteiger partial charge in [0.05, 0.1) is 4.90 Å². The number of hydrogen-bond donors (Lipinski definition) is 1. The molecular weight excluding hydrogens is 284 g/mol. The van der Waals surface area contributed by atoms with Gasteiger partial charge >= 0.3 is 0 Å². The highest BCUT2D eigenvalue weighted by Crippen LogP contribution is 2.28. The number of sulfone groups is 1. The standard InChI is InChI=1S/C13H13ClN2O2S/c14-11-3-5-12(6-4-11)19(17,18)13(8-15)10-2-1-7-16-9-10/h1-7,9,13H,8,15H2/t13-/m0/s1. The van der Waals surface area contributed by atoms with E-state index in [1.54, 1.807) is 30.5 Å². The summed E-state index contributed by atoms with van der Waals surface area (Å²) < 4.78 is 25.0. The van der Waals surface area contributed by atoms with Crippen LogP contribution in [0.25, 0.3) is 0 Å². The van der Waals surface area contributed by atoms with Crippen molar-refractivity contribution in [3.05, 3.63) is 59.4 Å². The van der Waals surface area contributed by atoms with Gasteiger partial charge in [-0.2, -0.15) is 0 Å². The molecule has 0 saturated carbocycles. The number of benzene rings is 1. The number of hydrogen-bond acceptors (Lipinski definition) is 4. The molecule has 19 heavy (non-hydrogen) atoms. The summed E-state index contributed by atoms with van der Waals surface area (Å²) in [5, 5.41) is -0.313. The average Bonchev–Trinajstić information content (AvgIpc) is 2.41. The fraction of sp³-hybridized carbons (Fsp3) is 0.154. The molecule has 0 aliphatic rings. The maximum absolute atomic E-state index is 12.5. The van der Waals surface area contributed by atoms with Crippen LogP contribution in [0, 0.1) is 0 Å². The third-order valence-electron chi connectivity index (χ3n) is 2.79. The second-order valence-electron chi connectivity index (χ2n) is 4.01. The van der Waals surface area contributed by atoms with Crippen molar-refractivity contribution in [1.82, 2.24) is 4.98 Å². The Balaban J connectivity index is 2.45. The summed E-state index contributed by atoms with van der Waals surface area (Å²) in [6.45, 7) is -0.00332. The highest BCUT2D eigenvalue weighted by Gasteiger charge is 2.27. The summed E-state index contributed by atoms with van der Waals surface area (Å²) in [5.41, 5.74) is 6.21. The molecule has 6 heteroatoms. The molecule has 0 aliphatic carbocycles. The molecule has 2 N–H and O–H groups in total. The number of aromatic nitrogens is 1. The number of pyridine rings is 1. The molecule has 100 valence electrons. The molecule has 0 unspecified atom stereocenters. The first-order chi connectivity index (χ1) is 9.05. The SMILES string of the molecule is NC[C@@H](c1cccnc1)S(=O)(=O)c1ccc(Cl)cc1. The largest absolute Gasteiger partial charge is 0.329 e. The predicted molar refractivity (Wildman–Crippen MR) is 74.7 cm³/mol. The summed E-state index contributed by atoms with van der Waals surface area (Å²) in [6, 6.07) is 9.46. The number of rotatable bonds is 4. The fourth-order valence-corrected chi connectivity index (χ4v) is 3.52. The van der Waals surface area contributed by atoms with Crippen LogP contribution in [0.5, 0.6) is 0 Å². The van der Waals surface area contributed by atoms with E-state index in [2.05, 4.69) is 4.98 Å². The molecule has 0 saturated heterocycles. The molecule has 0 radical (unpaired) electrons. The van der Waals surface area contributed by atoms with Crippen LogP contribution in [-0.2, 0) is 9.84 Å². The van der Waals surface area contributed by atoms with Crippen LogP contribution >= 0.6 is 11.6 Å². The smallest absolute Gasteiger partial charge is 0.186 e. The lowest BCUT2D eigenvalue weighted by Crippen LogP contribution is -2.22. The third-order valence-corrected chi connectivity index (χ3v) is 5.18. The van der Waals surface area contributed by atoms with E-state index in [1.165, 1.54) is 18.3 Å². The quantitative estimate of drug-likeness (QED) is 0.939. The second kappa shape index (κ2) is 5.69. The lowest BCUT2D eigenvalue weighted by molar-refractivity contribution is 0.582. The van der Waals surface area contributed by atoms with E-state index in [9.17, 15) is 8.42 Å². The normalized spacial score (nSPS) is 13.2. The Morgan fingerprint density at radius 3 is 2.42 bits per heavy atom. The molecule has 2 aromatic rings. The van der Waals surface area contributed by atoms with Gasteiger partial charge in [0.25, 0.3) is 0 Å². The lowest BCUT2D eigenvalue weighted by Gasteiger charge is -2.15. The van der Waals surface area contributed by atoms with E-state index in [4.69, 9.17) is 17.3 Å². The van der Waals surface area contributed by atoms with Gasteiger partial charge in [0.1, 0.15) is 5.25 Å². The Morgan fingerprint density at radius 2 is 1.89 bits per heavy atom. The van der Waals surface area contributed by atoms with Crippen LogP contribution in [0.3, 0.4) is 0 Å². The van der Waals surface area contributed by atoms with Crippen molar-refractivity contribution in [2.75, 3.05) is 6.54 Å². The van der Waals surface area contributed by atoms with E-state index in [-0.39, 0.29) is 11.4 Å². The topological polar surface area (TPSA) is 73.0 Å². The van der Waals surface area contributed by atoms with Crippen molar-refractivity contribution < 1.29 is 8.42 Å². The van der Waals surface area contributed by atoms with E-state index < -0.39 is 15.1 Å². The molecule has 4 nitrogen and oxygen atoms in total. The Kier molecular flexibility index (Phi) is 4.19. The van der Waals surface area contributed by atoms with Gasteiger partial charge in [-0.1, -0.05) is 17.7 Å². The van der Waals surface area contributed by atoms with Crippen molar-refractivity contribution in [2.24, 2.45) is 5.73 Å². The number of nitrogens with zero attached hydrogens (tertiary/aromatic N) is 1. The van der Waals surface area contributed by atoms with Crippen LogP contribution in [-0.4, -0.2) is 19.9 Å². The fourth-order valence-electron chi connectivity index (χ4n) is 1.80. The van der Waals surface area contributed by atoms with Crippen molar-refractivity contribution in [3.63, 3.8) is 0 Å². The van der Waals surface area contributed by atoms with Crippen molar-refractivity contribution in [1.29, 1.82) is 0 Å². The Bertz CT molecular complexity index is 642. The van der Waals surface area contributed by atoms with Gasteiger partial charge in [0.2, 0.25) is 0 Å². The van der Waals surface area contributed by atoms with E-state index in [0.29, 0.717) is 10.6 Å². The van der Waals surface area contributed by atoms with Gasteiger partial charge in [-0.15, -0.1) is 0 Å². The van der Waals surface area contributed by atoms with Gasteiger partial charge in [-0.25, -0.2) is 8.42 Å². The van der Waals surface area contributed by atoms with Gasteiger partial charge in [0.15, 0.2) is 9.84 Å². The van der Waals surface area contributed by atoms with Gasteiger partial charge in [0, 0.05) is 24.0 Å². The van der Waals surface area contributed by atoms with Crippen molar-refractivity contribution in [3.8, 4) is 0 Å². The first kappa shape index (κ1) is 14.0. The molecule has 1 atom stereocenters. The monoisotopic (exact) mass is 296 g/mol. The summed E-state index contributed by atoms with van der Waals surface area (Å²) in [7, 11) is -3.54. The molecule has 1 aromatic carbocycles. The zero-order valence-corrected chi connectivity index (χ0v) is 11.6. The van der Waals surface area contributed by atoms with Crippen LogP contribution in [0.1, 0.15) is 10.8 Å². The van der Waals surface area contributed by atoms with E-state index >= 15 is 0 Å². The highest BCUT2D eigenvalue weighted by atomic mass is 35.5. The number of nitrogens with two attached hydrogens (primary N) is 1. The Morgan fingerprint density at radius 1 is 1.21 bits per heavy atom. The van der Waals surface area contributed by atoms with Crippen molar-refractivity contribution in [2.45, 2.75) is 10.1 Å². The van der Waals surface area contributed by atoms with Crippen LogP contribution in [0.15, 0.2) is 53.7 Å². The Labute approximate surface area is 117 Å². The highest BCUT2D eigenvalue weighted by molar-refractivity contribution is 7.91. The lowest BCUT2D eigenvalue weighted by atomic mass is 10.2. The first-order valence-corrected chi connectivity index (χ1v) is 7.57. The summed E-state index contributed by atoms with van der Waals surface area (Å²) >= 11 is 5.76. The second-order valence-corrected chi connectivity index (χ2v) is 6.58. The summed E-state index contributed by atoms with van der Waals surface area (Å²) in [4.78, 5) is 4.14. The first-order valence-electron chi connectivity index (χ1n) is 5.65. The molecule has 2 rings (SSSR count). The summed E-state index contributed by atoms with van der Waals surface area (Å²) in [5.74, 6) is 0. The molecule has 0 spiro atoms. The van der Waals surface area contributed by atoms with Gasteiger partial charge in [-0.05, 0) is 35.9 Å². The maximum Gasteiger partial charge on any atom is 0.186 e. The molecule has 1 aromatic heterocycles. The molecule has 0 fully saturated rings. The molecule has 0 bridgehead atoms. The zero-order chi connectivity index (χ0) is 13.9. The van der Waals surface area contributed by atoms with Gasteiger partial charge in [-0.3, -0.25) is 4.98 Å². The predicted octanol–water partition coefficient (Wildman–Crippen LogP) is 2.21. The van der Waals surface area contributed by atoms with E-state index in [0.717, 1.165) is 0 Å². The van der Waals surface area contributed by atoms with Crippen LogP contribution < -0.4 is 5.73 Å². The maximum atomic E-state index is 12.5. The van der Waals surface area contributed by atoms with Crippen LogP contribution in [0.2, 0.25) is 5.02 Å². The molecule has 0 aliphatic heterocycles. The number of halogens is 1.